The van der Waals surface area contributed by atoms with Crippen molar-refractivity contribution in [3.05, 3.63) is 125 Å². The van der Waals surface area contributed by atoms with Gasteiger partial charge in [0.25, 0.3) is 10.0 Å². The molecule has 0 aliphatic carbocycles. The molecule has 24 heteroatoms. The normalized spacial score (nSPS) is 15.5. The number of hydrogen-bond acceptors (Lipinski definition) is 15. The van der Waals surface area contributed by atoms with Crippen molar-refractivity contribution in [2.75, 3.05) is 23.6 Å². The van der Waals surface area contributed by atoms with Crippen LogP contribution in [0.1, 0.15) is 86.8 Å². The number of carbonyl (C=O) groups excluding carboxylic acids is 4. The number of fused-ring (bicyclic) bond motifs is 1. The minimum atomic E-state index is -5.11. The zero-order valence-electron chi connectivity index (χ0n) is 44.0. The summed E-state index contributed by atoms with van der Waals surface area (Å²) < 4.78 is 80.2. The molecule has 0 radical (unpaired) electrons. The van der Waals surface area contributed by atoms with Crippen LogP contribution in [0.25, 0.3) is 43.7 Å². The highest BCUT2D eigenvalue weighted by atomic mass is 32.2. The molecule has 416 valence electrons. The second kappa shape index (κ2) is 24.0. The van der Waals surface area contributed by atoms with E-state index in [1.807, 2.05) is 35.9 Å². The van der Waals surface area contributed by atoms with Gasteiger partial charge in [-0.25, -0.2) is 32.6 Å². The van der Waals surface area contributed by atoms with Crippen molar-refractivity contribution in [2.45, 2.75) is 96.9 Å². The number of aliphatic hydroxyl groups excluding tert-OH is 1. The largest absolute Gasteiger partial charge is 0.484 e. The third kappa shape index (κ3) is 13.3. The number of ether oxygens (including phenoxy) is 2. The Kier molecular flexibility index (Phi) is 17.4. The molecular weight excluding hydrogens is 1070 g/mol. The number of amides is 3. The van der Waals surface area contributed by atoms with Crippen LogP contribution in [-0.4, -0.2) is 104 Å². The van der Waals surface area contributed by atoms with Crippen LogP contribution in [0.3, 0.4) is 0 Å². The molecule has 0 saturated carbocycles. The van der Waals surface area contributed by atoms with Gasteiger partial charge in [0, 0.05) is 62.1 Å². The maximum Gasteiger partial charge on any atom is 0.356 e. The first-order valence-electron chi connectivity index (χ1n) is 25.1. The SMILES string of the molecule is Cc1ncsc1-c1ccc(CNC(=O)[C@@H]2C[C@@H](O)CN2C(=O)[C@@H](NC(=O)CCCCOC(=O)c2ccc(-c3cnc(N)c4c(-c5ccc(NS(=O)(=O)C(F)F)c(O[C@@H](C)c6ccc(F)cc6)c5)nn(C)c34)cn2)C(C)(C)C)cc1. The maximum atomic E-state index is 14.1. The lowest BCUT2D eigenvalue weighted by atomic mass is 9.85. The number of anilines is 2. The third-order valence-electron chi connectivity index (χ3n) is 13.3. The number of sulfonamides is 1. The van der Waals surface area contributed by atoms with E-state index in [1.165, 1.54) is 65.8 Å². The predicted octanol–water partition coefficient (Wildman–Crippen LogP) is 8.09. The van der Waals surface area contributed by atoms with Crippen LogP contribution in [0.2, 0.25) is 0 Å². The van der Waals surface area contributed by atoms with E-state index in [0.717, 1.165) is 21.7 Å². The summed E-state index contributed by atoms with van der Waals surface area (Å²) in [5.74, 6) is -6.31. The van der Waals surface area contributed by atoms with Crippen LogP contribution in [-0.2, 0) is 42.7 Å². The molecule has 5 heterocycles. The fourth-order valence-electron chi connectivity index (χ4n) is 9.10. The van der Waals surface area contributed by atoms with Crippen LogP contribution in [0.4, 0.5) is 24.7 Å². The molecule has 19 nitrogen and oxygen atoms in total. The van der Waals surface area contributed by atoms with Crippen molar-refractivity contribution >= 4 is 67.5 Å². The molecule has 7 aromatic rings. The molecule has 8 rings (SSSR count). The average Bonchev–Trinajstić information content (AvgIpc) is 4.37. The number of esters is 1. The van der Waals surface area contributed by atoms with Crippen molar-refractivity contribution in [1.82, 2.24) is 40.3 Å². The van der Waals surface area contributed by atoms with E-state index in [2.05, 4.69) is 25.6 Å². The van der Waals surface area contributed by atoms with Gasteiger partial charge in [0.15, 0.2) is 0 Å². The zero-order chi connectivity index (χ0) is 56.9. The molecule has 0 spiro atoms. The molecule has 1 aliphatic rings. The zero-order valence-corrected chi connectivity index (χ0v) is 45.6. The Labute approximate surface area is 457 Å². The first kappa shape index (κ1) is 57.2. The Hall–Kier alpha value is -7.96. The van der Waals surface area contributed by atoms with E-state index in [4.69, 9.17) is 20.3 Å². The molecule has 79 heavy (non-hydrogen) atoms. The fourth-order valence-corrected chi connectivity index (χ4v) is 10.5. The number of nitrogens with two attached hydrogens (primary N) is 1. The van der Waals surface area contributed by atoms with E-state index in [-0.39, 0.29) is 61.2 Å². The van der Waals surface area contributed by atoms with Gasteiger partial charge in [-0.05, 0) is 79.1 Å². The van der Waals surface area contributed by atoms with Crippen LogP contribution in [0.15, 0.2) is 96.8 Å². The summed E-state index contributed by atoms with van der Waals surface area (Å²) in [7, 11) is -3.45. The lowest BCUT2D eigenvalue weighted by Crippen LogP contribution is -2.57. The smallest absolute Gasteiger partial charge is 0.356 e. The number of nitrogen functional groups attached to an aromatic ring is 1. The molecule has 4 aromatic heterocycles. The number of rotatable bonds is 20. The van der Waals surface area contributed by atoms with E-state index >= 15 is 0 Å². The van der Waals surface area contributed by atoms with Crippen LogP contribution in [0.5, 0.6) is 5.75 Å². The van der Waals surface area contributed by atoms with Crippen LogP contribution in [0, 0.1) is 18.2 Å². The molecule has 1 aliphatic heterocycles. The van der Waals surface area contributed by atoms with Crippen LogP contribution < -0.4 is 25.8 Å². The van der Waals surface area contributed by atoms with Gasteiger partial charge in [-0.15, -0.1) is 11.3 Å². The number of pyridine rings is 2. The minimum absolute atomic E-state index is 0.00107. The average molecular weight is 1130 g/mol. The number of unbranched alkanes of at least 4 members (excludes halogenated alkanes) is 1. The van der Waals surface area contributed by atoms with E-state index in [9.17, 15) is 45.9 Å². The molecule has 4 atom stereocenters. The standard InChI is InChI=1S/C55H59F3N10O9S2/c1-30-48(78-29-63-30)34-12-10-32(11-13-34)25-62-51(71)42-24-38(69)28-68(42)52(72)49(55(3,4)5)64-44(70)9-7-8-22-76-53(73)41-21-17-36(26-60-41)39-27-61-50(59)45-46(65-67(6)47(39)45)35-16-20-40(66-79(74,75)54(57)58)43(23-35)77-31(2)33-14-18-37(56)19-15-33/h10-21,23,26-27,29,31,38,42,49,54,66,69H,7-9,22,24-25,28H2,1-6H3,(H2,59,61)(H,62,71)(H,64,70)/t31-,38+,42-,49+/m0/s1. The Balaban J connectivity index is 0.863. The van der Waals surface area contributed by atoms with Crippen molar-refractivity contribution in [1.29, 1.82) is 0 Å². The second-order valence-electron chi connectivity index (χ2n) is 20.2. The number of nitrogens with one attached hydrogen (secondary N) is 3. The number of halogens is 3. The van der Waals surface area contributed by atoms with Gasteiger partial charge in [0.05, 0.1) is 45.4 Å². The second-order valence-corrected chi connectivity index (χ2v) is 22.7. The summed E-state index contributed by atoms with van der Waals surface area (Å²) in [5, 5.41) is 21.5. The van der Waals surface area contributed by atoms with Gasteiger partial charge in [-0.1, -0.05) is 69.3 Å². The number of aliphatic hydroxyl groups is 1. The van der Waals surface area contributed by atoms with Gasteiger partial charge >= 0.3 is 11.7 Å². The highest BCUT2D eigenvalue weighted by molar-refractivity contribution is 7.93. The quantitative estimate of drug-likeness (QED) is 0.0357. The number of benzene rings is 3. The van der Waals surface area contributed by atoms with Crippen molar-refractivity contribution in [3.63, 3.8) is 0 Å². The Morgan fingerprint density at radius 3 is 2.30 bits per heavy atom. The Bertz CT molecular complexity index is 3480. The van der Waals surface area contributed by atoms with E-state index < -0.39 is 75.0 Å². The monoisotopic (exact) mass is 1120 g/mol. The maximum absolute atomic E-state index is 14.1. The van der Waals surface area contributed by atoms with E-state index in [0.29, 0.717) is 46.0 Å². The summed E-state index contributed by atoms with van der Waals surface area (Å²) in [5.41, 5.74) is 12.7. The van der Waals surface area contributed by atoms with Crippen molar-refractivity contribution < 1.29 is 55.3 Å². The summed E-state index contributed by atoms with van der Waals surface area (Å²) in [6, 6.07) is 18.4. The number of aromatic nitrogens is 5. The van der Waals surface area contributed by atoms with E-state index in [1.54, 1.807) is 62.3 Å². The summed E-state index contributed by atoms with van der Waals surface area (Å²) >= 11 is 1.55. The summed E-state index contributed by atoms with van der Waals surface area (Å²) in [6.07, 6.45) is 1.93. The van der Waals surface area contributed by atoms with Crippen LogP contribution >= 0.6 is 11.3 Å². The number of hydrogen-bond donors (Lipinski definition) is 5. The highest BCUT2D eigenvalue weighted by Gasteiger charge is 2.44. The molecule has 3 aromatic carbocycles. The summed E-state index contributed by atoms with van der Waals surface area (Å²) in [4.78, 5) is 69.5. The number of alkyl halides is 2. The van der Waals surface area contributed by atoms with Gasteiger partial charge in [-0.3, -0.25) is 23.8 Å². The van der Waals surface area contributed by atoms with Gasteiger partial charge in [-0.2, -0.15) is 13.9 Å². The molecular formula is C55H59F3N10O9S2. The molecule has 1 saturated heterocycles. The first-order chi connectivity index (χ1) is 37.5. The van der Waals surface area contributed by atoms with Crippen molar-refractivity contribution in [3.8, 4) is 38.6 Å². The number of thiazole rings is 1. The number of β-amino-alcohol motifs (C(OH)–C–C–N with tert-alkyl or cyclic N) is 1. The number of likely N-dealkylation sites (tertiary alicyclic amines) is 1. The number of carbonyl (C=O) groups is 4. The lowest BCUT2D eigenvalue weighted by molar-refractivity contribution is -0.144. The van der Waals surface area contributed by atoms with Gasteiger partial charge in [0.1, 0.15) is 47.0 Å². The highest BCUT2D eigenvalue weighted by Crippen LogP contribution is 2.41. The van der Waals surface area contributed by atoms with Gasteiger partial charge < -0.3 is 35.8 Å². The number of nitrogens with zero attached hydrogens (tertiary/aromatic N) is 6. The molecule has 0 unspecified atom stereocenters. The first-order valence-corrected chi connectivity index (χ1v) is 27.6. The third-order valence-corrected chi connectivity index (χ3v) is 15.3. The Morgan fingerprint density at radius 2 is 1.65 bits per heavy atom. The van der Waals surface area contributed by atoms with Gasteiger partial charge in [0.2, 0.25) is 17.7 Å². The Morgan fingerprint density at radius 1 is 0.937 bits per heavy atom. The number of aryl methyl sites for hydroxylation is 2. The fraction of sp³-hybridized carbons (Fsp3) is 0.345. The molecule has 3 amide bonds. The predicted molar refractivity (Wildman–Crippen MR) is 291 cm³/mol. The lowest BCUT2D eigenvalue weighted by Gasteiger charge is -2.35. The summed E-state index contributed by atoms with van der Waals surface area (Å²) in [6.45, 7) is 9.08. The molecule has 0 bridgehead atoms. The molecule has 6 N–H and O–H groups in total. The molecule has 1 fully saturated rings. The van der Waals surface area contributed by atoms with Crippen molar-refractivity contribution in [2.24, 2.45) is 12.5 Å². The minimum Gasteiger partial charge on any atom is -0.484 e. The topological polar surface area (TPSA) is 263 Å².